The maximum Gasteiger partial charge on any atom is 0.446 e. The van der Waals surface area contributed by atoms with Gasteiger partial charge in [0.1, 0.15) is 0 Å². The van der Waals surface area contributed by atoms with Crippen LogP contribution in [0, 0.1) is 5.92 Å². The minimum atomic E-state index is -4.26. The predicted molar refractivity (Wildman–Crippen MR) is 68.3 cm³/mol. The van der Waals surface area contributed by atoms with Gasteiger partial charge in [0.2, 0.25) is 0 Å². The standard InChI is InChI=1S/C13H15F3OS/c1-9(2)11(8-17)7-10-3-5-12(6-4-10)18-13(14,15)16/h3-7,9,17H,8H2,1-2H3. The van der Waals surface area contributed by atoms with Gasteiger partial charge in [-0.1, -0.05) is 32.1 Å². The van der Waals surface area contributed by atoms with E-state index in [2.05, 4.69) is 0 Å². The van der Waals surface area contributed by atoms with Crippen LogP contribution in [0.1, 0.15) is 19.4 Å². The molecule has 0 aromatic heterocycles. The van der Waals surface area contributed by atoms with Gasteiger partial charge < -0.3 is 5.11 Å². The van der Waals surface area contributed by atoms with Crippen molar-refractivity contribution in [1.29, 1.82) is 0 Å². The van der Waals surface area contributed by atoms with Crippen LogP contribution >= 0.6 is 11.8 Å². The first-order valence-corrected chi connectivity index (χ1v) is 6.30. The summed E-state index contributed by atoms with van der Waals surface area (Å²) in [6.45, 7) is 3.86. The first-order valence-electron chi connectivity index (χ1n) is 5.49. The first kappa shape index (κ1) is 15.1. The second-order valence-corrected chi connectivity index (χ2v) is 5.29. The van der Waals surface area contributed by atoms with E-state index in [0.717, 1.165) is 11.1 Å². The number of hydrogen-bond acceptors (Lipinski definition) is 2. The van der Waals surface area contributed by atoms with E-state index in [-0.39, 0.29) is 29.2 Å². The number of thioether (sulfide) groups is 1. The predicted octanol–water partition coefficient (Wildman–Crippen LogP) is 4.33. The number of hydrogen-bond donors (Lipinski definition) is 1. The molecule has 0 aliphatic rings. The van der Waals surface area contributed by atoms with Crippen LogP contribution in [0.4, 0.5) is 13.2 Å². The Bertz CT molecular complexity index is 407. The zero-order chi connectivity index (χ0) is 13.8. The highest BCUT2D eigenvalue weighted by molar-refractivity contribution is 8.00. The average Bonchev–Trinajstić information content (AvgIpc) is 2.25. The molecule has 0 heterocycles. The smallest absolute Gasteiger partial charge is 0.392 e. The molecule has 18 heavy (non-hydrogen) atoms. The van der Waals surface area contributed by atoms with Crippen LogP contribution in [0.25, 0.3) is 6.08 Å². The number of aliphatic hydroxyl groups excluding tert-OH is 1. The Kier molecular flexibility index (Phi) is 5.28. The molecular formula is C13H15F3OS. The van der Waals surface area contributed by atoms with E-state index in [9.17, 15) is 13.2 Å². The molecule has 0 saturated carbocycles. The van der Waals surface area contributed by atoms with Crippen molar-refractivity contribution in [2.24, 2.45) is 5.92 Å². The Morgan fingerprint density at radius 3 is 2.22 bits per heavy atom. The molecule has 1 aromatic carbocycles. The Balaban J connectivity index is 2.83. The third-order valence-corrected chi connectivity index (χ3v) is 3.13. The molecule has 0 spiro atoms. The fraction of sp³-hybridized carbons (Fsp3) is 0.385. The molecule has 0 aliphatic carbocycles. The third kappa shape index (κ3) is 5.14. The summed E-state index contributed by atoms with van der Waals surface area (Å²) < 4.78 is 36.4. The minimum absolute atomic E-state index is 0.0449. The van der Waals surface area contributed by atoms with Crippen molar-refractivity contribution in [3.63, 3.8) is 0 Å². The van der Waals surface area contributed by atoms with E-state index >= 15 is 0 Å². The summed E-state index contributed by atoms with van der Waals surface area (Å²) in [4.78, 5) is 0.162. The van der Waals surface area contributed by atoms with Gasteiger partial charge in [0.25, 0.3) is 0 Å². The normalized spacial score (nSPS) is 13.2. The lowest BCUT2D eigenvalue weighted by Gasteiger charge is -2.09. The Labute approximate surface area is 109 Å². The molecule has 1 nitrogen and oxygen atoms in total. The molecule has 5 heteroatoms. The van der Waals surface area contributed by atoms with Crippen LogP contribution in [-0.4, -0.2) is 17.2 Å². The summed E-state index contributed by atoms with van der Waals surface area (Å²) in [5, 5.41) is 9.14. The van der Waals surface area contributed by atoms with Gasteiger partial charge in [-0.3, -0.25) is 0 Å². The third-order valence-electron chi connectivity index (χ3n) is 2.39. The SMILES string of the molecule is CC(C)C(=Cc1ccc(SC(F)(F)F)cc1)CO. The number of rotatable bonds is 4. The van der Waals surface area contributed by atoms with Crippen molar-refractivity contribution in [3.8, 4) is 0 Å². The van der Waals surface area contributed by atoms with Gasteiger partial charge in [0.05, 0.1) is 6.61 Å². The summed E-state index contributed by atoms with van der Waals surface area (Å²) in [6, 6.07) is 6.09. The van der Waals surface area contributed by atoms with Gasteiger partial charge in [-0.25, -0.2) is 0 Å². The lowest BCUT2D eigenvalue weighted by atomic mass is 10.0. The number of alkyl halides is 3. The molecule has 0 radical (unpaired) electrons. The van der Waals surface area contributed by atoms with E-state index < -0.39 is 5.51 Å². The van der Waals surface area contributed by atoms with Crippen molar-refractivity contribution in [3.05, 3.63) is 35.4 Å². The minimum Gasteiger partial charge on any atom is -0.392 e. The Morgan fingerprint density at radius 1 is 1.28 bits per heavy atom. The fourth-order valence-electron chi connectivity index (χ4n) is 1.37. The molecule has 0 fully saturated rings. The molecule has 1 aromatic rings. The molecule has 0 atom stereocenters. The van der Waals surface area contributed by atoms with Crippen LogP contribution in [0.5, 0.6) is 0 Å². The van der Waals surface area contributed by atoms with E-state index in [1.807, 2.05) is 13.8 Å². The van der Waals surface area contributed by atoms with E-state index in [4.69, 9.17) is 5.11 Å². The van der Waals surface area contributed by atoms with Crippen molar-refractivity contribution < 1.29 is 18.3 Å². The van der Waals surface area contributed by atoms with Crippen LogP contribution in [-0.2, 0) is 0 Å². The summed E-state index contributed by atoms with van der Waals surface area (Å²) in [5.41, 5.74) is -2.61. The lowest BCUT2D eigenvalue weighted by molar-refractivity contribution is -0.0328. The van der Waals surface area contributed by atoms with E-state index in [1.54, 1.807) is 18.2 Å². The highest BCUT2D eigenvalue weighted by Gasteiger charge is 2.28. The second-order valence-electron chi connectivity index (χ2n) is 4.15. The van der Waals surface area contributed by atoms with Crippen LogP contribution in [0.3, 0.4) is 0 Å². The molecule has 0 bridgehead atoms. The quantitative estimate of drug-likeness (QED) is 0.826. The maximum absolute atomic E-state index is 12.1. The van der Waals surface area contributed by atoms with Gasteiger partial charge in [-0.15, -0.1) is 0 Å². The van der Waals surface area contributed by atoms with Gasteiger partial charge in [-0.05, 0) is 40.9 Å². The molecule has 100 valence electrons. The Morgan fingerprint density at radius 2 is 1.83 bits per heavy atom. The Hall–Kier alpha value is -0.940. The molecular weight excluding hydrogens is 261 g/mol. The van der Waals surface area contributed by atoms with Crippen molar-refractivity contribution >= 4 is 17.8 Å². The van der Waals surface area contributed by atoms with Crippen LogP contribution < -0.4 is 0 Å². The van der Waals surface area contributed by atoms with E-state index in [0.29, 0.717) is 0 Å². The molecule has 0 amide bonds. The average molecular weight is 276 g/mol. The fourth-order valence-corrected chi connectivity index (χ4v) is 1.91. The molecule has 1 rings (SSSR count). The van der Waals surface area contributed by atoms with E-state index in [1.165, 1.54) is 12.1 Å². The summed E-state index contributed by atoms with van der Waals surface area (Å²) in [6.07, 6.45) is 1.80. The number of aliphatic hydroxyl groups is 1. The van der Waals surface area contributed by atoms with Crippen LogP contribution in [0.2, 0.25) is 0 Å². The molecule has 1 N–H and O–H groups in total. The van der Waals surface area contributed by atoms with Crippen LogP contribution in [0.15, 0.2) is 34.7 Å². The zero-order valence-electron chi connectivity index (χ0n) is 10.2. The molecule has 0 unspecified atom stereocenters. The number of halogens is 3. The first-order chi connectivity index (χ1) is 8.31. The summed E-state index contributed by atoms with van der Waals surface area (Å²) >= 11 is -0.130. The number of benzene rings is 1. The monoisotopic (exact) mass is 276 g/mol. The maximum atomic E-state index is 12.1. The van der Waals surface area contributed by atoms with Gasteiger partial charge in [0.15, 0.2) is 0 Å². The van der Waals surface area contributed by atoms with Crippen molar-refractivity contribution in [2.75, 3.05) is 6.61 Å². The molecule has 0 saturated heterocycles. The largest absolute Gasteiger partial charge is 0.446 e. The zero-order valence-corrected chi connectivity index (χ0v) is 11.0. The topological polar surface area (TPSA) is 20.2 Å². The highest BCUT2D eigenvalue weighted by Crippen LogP contribution is 2.36. The van der Waals surface area contributed by atoms with Crippen molar-refractivity contribution in [2.45, 2.75) is 24.3 Å². The molecule has 0 aliphatic heterocycles. The van der Waals surface area contributed by atoms with Gasteiger partial charge in [0, 0.05) is 4.90 Å². The highest BCUT2D eigenvalue weighted by atomic mass is 32.2. The van der Waals surface area contributed by atoms with Gasteiger partial charge in [-0.2, -0.15) is 13.2 Å². The van der Waals surface area contributed by atoms with Gasteiger partial charge >= 0.3 is 5.51 Å². The lowest BCUT2D eigenvalue weighted by Crippen LogP contribution is -1.99. The summed E-state index contributed by atoms with van der Waals surface area (Å²) in [7, 11) is 0. The second kappa shape index (κ2) is 6.29. The van der Waals surface area contributed by atoms with Crippen molar-refractivity contribution in [1.82, 2.24) is 0 Å². The summed E-state index contributed by atoms with van der Waals surface area (Å²) in [5.74, 6) is 0.208.